The molecule has 0 bridgehead atoms. The highest BCUT2D eigenvalue weighted by Gasteiger charge is 2.34. The Morgan fingerprint density at radius 3 is 2.11 bits per heavy atom. The van der Waals surface area contributed by atoms with Crippen molar-refractivity contribution in [2.45, 2.75) is 6.10 Å². The van der Waals surface area contributed by atoms with E-state index >= 15 is 0 Å². The van der Waals surface area contributed by atoms with Crippen LogP contribution in [0.2, 0.25) is 0 Å². The summed E-state index contributed by atoms with van der Waals surface area (Å²) in [7, 11) is 2.57. The fourth-order valence-electron chi connectivity index (χ4n) is 3.14. The molecule has 0 radical (unpaired) electrons. The zero-order chi connectivity index (χ0) is 20.8. The van der Waals surface area contributed by atoms with Crippen LogP contribution in [0.15, 0.2) is 12.1 Å². The van der Waals surface area contributed by atoms with Gasteiger partial charge < -0.3 is 19.5 Å². The maximum Gasteiger partial charge on any atom is 0.338 e. The van der Waals surface area contributed by atoms with Crippen molar-refractivity contribution in [1.29, 1.82) is 0 Å². The van der Waals surface area contributed by atoms with Crippen LogP contribution < -0.4 is 4.90 Å². The van der Waals surface area contributed by atoms with Crippen LogP contribution in [0.5, 0.6) is 0 Å². The molecule has 1 aromatic carbocycles. The second-order valence-corrected chi connectivity index (χ2v) is 6.27. The van der Waals surface area contributed by atoms with Gasteiger partial charge >= 0.3 is 17.3 Å². The van der Waals surface area contributed by atoms with Gasteiger partial charge in [0, 0.05) is 52.0 Å². The van der Waals surface area contributed by atoms with Crippen molar-refractivity contribution in [2.24, 2.45) is 0 Å². The molecule has 0 aromatic heterocycles. The Labute approximate surface area is 160 Å². The minimum absolute atomic E-state index is 0.139. The monoisotopic (exact) mass is 398 g/mol. The van der Waals surface area contributed by atoms with Crippen molar-refractivity contribution in [2.75, 3.05) is 58.5 Å². The Kier molecular flexibility index (Phi) is 7.20. The summed E-state index contributed by atoms with van der Waals surface area (Å²) in [5.74, 6) is -0.894. The van der Waals surface area contributed by atoms with Gasteiger partial charge in [0.05, 0.1) is 35.2 Å². The molecule has 12 nitrogen and oxygen atoms in total. The number of anilines is 1. The van der Waals surface area contributed by atoms with E-state index in [1.807, 2.05) is 4.90 Å². The highest BCUT2D eigenvalue weighted by molar-refractivity contribution is 5.94. The quantitative estimate of drug-likeness (QED) is 0.371. The van der Waals surface area contributed by atoms with Gasteiger partial charge in [0.1, 0.15) is 0 Å². The summed E-state index contributed by atoms with van der Waals surface area (Å²) in [4.78, 5) is 36.8. The standard InChI is InChI=1S/C16H22N4O8/c1-27-10-12(21)9-17-3-5-18(6-4-17)15-13(19(23)24)7-11(16(22)28-2)8-14(15)20(25)26/h7-8,12,21H,3-6,9-10H2,1-2H3/t12-/m0/s1. The summed E-state index contributed by atoms with van der Waals surface area (Å²) in [5.41, 5.74) is -1.45. The van der Waals surface area contributed by atoms with Gasteiger partial charge in [0.25, 0.3) is 0 Å². The number of aliphatic hydroxyl groups is 1. The second kappa shape index (κ2) is 9.39. The van der Waals surface area contributed by atoms with Crippen LogP contribution in [-0.2, 0) is 9.47 Å². The molecule has 1 fully saturated rings. The Morgan fingerprint density at radius 2 is 1.68 bits per heavy atom. The number of benzene rings is 1. The topological polar surface area (TPSA) is 149 Å². The molecule has 0 amide bonds. The number of β-amino-alcohol motifs (C(OH)–C–C–N with tert-alkyl or cyclic N) is 1. The molecule has 154 valence electrons. The lowest BCUT2D eigenvalue weighted by atomic mass is 10.1. The van der Waals surface area contributed by atoms with E-state index in [-0.39, 0.29) is 17.9 Å². The van der Waals surface area contributed by atoms with E-state index in [1.165, 1.54) is 7.11 Å². The van der Waals surface area contributed by atoms with E-state index in [0.717, 1.165) is 19.2 Å². The van der Waals surface area contributed by atoms with Crippen molar-refractivity contribution >= 4 is 23.0 Å². The van der Waals surface area contributed by atoms with E-state index in [0.29, 0.717) is 32.7 Å². The lowest BCUT2D eigenvalue weighted by molar-refractivity contribution is -0.392. The first kappa shape index (κ1) is 21.5. The van der Waals surface area contributed by atoms with Crippen molar-refractivity contribution in [1.82, 2.24) is 4.90 Å². The first-order valence-corrected chi connectivity index (χ1v) is 8.48. The zero-order valence-corrected chi connectivity index (χ0v) is 15.6. The number of carbonyl (C=O) groups excluding carboxylic acids is 1. The van der Waals surface area contributed by atoms with Crippen molar-refractivity contribution < 1.29 is 29.2 Å². The van der Waals surface area contributed by atoms with Gasteiger partial charge in [-0.15, -0.1) is 0 Å². The number of ether oxygens (including phenoxy) is 2. The highest BCUT2D eigenvalue weighted by Crippen LogP contribution is 2.39. The molecule has 0 spiro atoms. The molecule has 1 aromatic rings. The van der Waals surface area contributed by atoms with Gasteiger partial charge in [0.15, 0.2) is 5.69 Å². The zero-order valence-electron chi connectivity index (χ0n) is 15.6. The maximum absolute atomic E-state index is 11.7. The number of carbonyl (C=O) groups is 1. The molecule has 1 heterocycles. The number of esters is 1. The molecule has 12 heteroatoms. The summed E-state index contributed by atoms with van der Waals surface area (Å²) >= 11 is 0. The van der Waals surface area contributed by atoms with E-state index < -0.39 is 33.3 Å². The molecule has 1 aliphatic heterocycles. The average molecular weight is 398 g/mol. The number of piperazine rings is 1. The Morgan fingerprint density at radius 1 is 1.14 bits per heavy atom. The minimum atomic E-state index is -0.894. The molecule has 1 atom stereocenters. The third-order valence-corrected chi connectivity index (χ3v) is 4.40. The van der Waals surface area contributed by atoms with Gasteiger partial charge in [-0.25, -0.2) is 4.79 Å². The Balaban J connectivity index is 2.31. The fraction of sp³-hybridized carbons (Fsp3) is 0.562. The number of nitro benzene ring substituents is 2. The van der Waals surface area contributed by atoms with E-state index in [1.54, 1.807) is 4.90 Å². The second-order valence-electron chi connectivity index (χ2n) is 6.27. The maximum atomic E-state index is 11.7. The van der Waals surface area contributed by atoms with Gasteiger partial charge in [-0.1, -0.05) is 0 Å². The summed E-state index contributed by atoms with van der Waals surface area (Å²) in [6.07, 6.45) is -0.667. The number of rotatable bonds is 8. The van der Waals surface area contributed by atoms with Gasteiger partial charge in [-0.2, -0.15) is 0 Å². The average Bonchev–Trinajstić information content (AvgIpc) is 2.67. The van der Waals surface area contributed by atoms with Gasteiger partial charge in [0.2, 0.25) is 0 Å². The fourth-order valence-corrected chi connectivity index (χ4v) is 3.14. The molecule has 1 saturated heterocycles. The number of hydrogen-bond acceptors (Lipinski definition) is 10. The summed E-state index contributed by atoms with van der Waals surface area (Å²) < 4.78 is 9.41. The van der Waals surface area contributed by atoms with Crippen molar-refractivity contribution in [3.8, 4) is 0 Å². The lowest BCUT2D eigenvalue weighted by Crippen LogP contribution is -2.49. The first-order valence-electron chi connectivity index (χ1n) is 8.48. The molecule has 1 N–H and O–H groups in total. The Bertz CT molecular complexity index is 713. The minimum Gasteiger partial charge on any atom is -0.465 e. The third kappa shape index (κ3) is 4.91. The van der Waals surface area contributed by atoms with Crippen LogP contribution in [0.25, 0.3) is 0 Å². The summed E-state index contributed by atoms with van der Waals surface area (Å²) in [6, 6.07) is 1.98. The number of hydrogen-bond donors (Lipinski definition) is 1. The molecule has 2 rings (SSSR count). The lowest BCUT2D eigenvalue weighted by Gasteiger charge is -2.36. The van der Waals surface area contributed by atoms with E-state index in [4.69, 9.17) is 4.74 Å². The first-order chi connectivity index (χ1) is 13.3. The Hall–Kier alpha value is -2.83. The van der Waals surface area contributed by atoms with Gasteiger partial charge in [-0.3, -0.25) is 25.1 Å². The van der Waals surface area contributed by atoms with E-state index in [2.05, 4.69) is 4.74 Å². The largest absolute Gasteiger partial charge is 0.465 e. The van der Waals surface area contributed by atoms with Crippen molar-refractivity contribution in [3.05, 3.63) is 37.9 Å². The molecular formula is C16H22N4O8. The molecule has 0 aliphatic carbocycles. The molecular weight excluding hydrogens is 376 g/mol. The highest BCUT2D eigenvalue weighted by atomic mass is 16.6. The van der Waals surface area contributed by atoms with Gasteiger partial charge in [-0.05, 0) is 0 Å². The molecule has 28 heavy (non-hydrogen) atoms. The van der Waals surface area contributed by atoms with Crippen LogP contribution in [0, 0.1) is 20.2 Å². The predicted octanol–water partition coefficient (Wildman–Crippen LogP) is 0.419. The molecule has 1 aliphatic rings. The van der Waals surface area contributed by atoms with Crippen LogP contribution in [0.1, 0.15) is 10.4 Å². The van der Waals surface area contributed by atoms with Crippen LogP contribution in [0.3, 0.4) is 0 Å². The molecule has 0 unspecified atom stereocenters. The number of methoxy groups -OCH3 is 2. The van der Waals surface area contributed by atoms with Crippen molar-refractivity contribution in [3.63, 3.8) is 0 Å². The number of nitrogens with zero attached hydrogens (tertiary/aromatic N) is 4. The van der Waals surface area contributed by atoms with Crippen LogP contribution in [-0.4, -0.2) is 85.5 Å². The third-order valence-electron chi connectivity index (χ3n) is 4.40. The normalized spacial score (nSPS) is 15.9. The number of aliphatic hydroxyl groups excluding tert-OH is 1. The van der Waals surface area contributed by atoms with E-state index in [9.17, 15) is 30.1 Å². The summed E-state index contributed by atoms with van der Waals surface area (Å²) in [5, 5.41) is 32.9. The number of nitro groups is 2. The summed E-state index contributed by atoms with van der Waals surface area (Å²) in [6.45, 7) is 2.04. The smallest absolute Gasteiger partial charge is 0.338 e. The SMILES string of the molecule is COC[C@@H](O)CN1CCN(c2c([N+](=O)[O-])cc(C(=O)OC)cc2[N+](=O)[O-])CC1. The van der Waals surface area contributed by atoms with Crippen LogP contribution in [0.4, 0.5) is 17.1 Å². The van der Waals surface area contributed by atoms with Crippen LogP contribution >= 0.6 is 0 Å². The predicted molar refractivity (Wildman–Crippen MR) is 97.6 cm³/mol. The molecule has 0 saturated carbocycles.